The van der Waals surface area contributed by atoms with E-state index < -0.39 is 7.12 Å². The molecule has 0 spiro atoms. The number of benzene rings is 1. The molecule has 5 heteroatoms. The van der Waals surface area contributed by atoms with E-state index in [1.54, 1.807) is 12.1 Å². The Bertz CT molecular complexity index is 384. The van der Waals surface area contributed by atoms with Gasteiger partial charge in [0.2, 0.25) is 0 Å². The standard InChI is InChI=1S/C18H29BO2.2C2H7N/c1-2-3-4-5-6-7-8-9-10-11-12-17-13-15-18(16-14-17)19(20)21;2*1-2-3/h13-16H,2-12H2,1H3;2*2-3H2,1H3/q-2;;/p+2. The maximum absolute atomic E-state index is 10.7. The third-order valence-corrected chi connectivity index (χ3v) is 4.07. The highest BCUT2D eigenvalue weighted by Crippen LogP contribution is 2.12. The first-order valence-corrected chi connectivity index (χ1v) is 11.1. The molecule has 0 radical (unpaired) electrons. The van der Waals surface area contributed by atoms with Crippen molar-refractivity contribution in [1.82, 2.24) is 0 Å². The third kappa shape index (κ3) is 21.3. The van der Waals surface area contributed by atoms with Crippen LogP contribution in [0.2, 0.25) is 0 Å². The van der Waals surface area contributed by atoms with Crippen LogP contribution in [0.5, 0.6) is 0 Å². The number of rotatable bonds is 12. The Hall–Kier alpha value is -0.875. The highest BCUT2D eigenvalue weighted by Gasteiger charge is 1.95. The molecule has 4 nitrogen and oxygen atoms in total. The van der Waals surface area contributed by atoms with Crippen molar-refractivity contribution in [3.05, 3.63) is 29.8 Å². The van der Waals surface area contributed by atoms with Crippen molar-refractivity contribution < 1.29 is 21.5 Å². The Labute approximate surface area is 168 Å². The predicted molar refractivity (Wildman–Crippen MR) is 114 cm³/mol. The van der Waals surface area contributed by atoms with Crippen LogP contribution in [0.3, 0.4) is 0 Å². The molecule has 158 valence electrons. The van der Waals surface area contributed by atoms with Crippen molar-refractivity contribution in [3.63, 3.8) is 0 Å². The van der Waals surface area contributed by atoms with E-state index in [4.69, 9.17) is 0 Å². The van der Waals surface area contributed by atoms with Crippen LogP contribution in [0.15, 0.2) is 24.3 Å². The SMILES string of the molecule is CCCCCCCCCCCCc1ccc(B([O-])[O-])cc1.CC[NH3+].CC[NH3+]. The van der Waals surface area contributed by atoms with Crippen molar-refractivity contribution in [1.29, 1.82) is 0 Å². The summed E-state index contributed by atoms with van der Waals surface area (Å²) in [6.07, 6.45) is 14.5. The summed E-state index contributed by atoms with van der Waals surface area (Å²) in [4.78, 5) is 0. The van der Waals surface area contributed by atoms with Gasteiger partial charge < -0.3 is 21.5 Å². The van der Waals surface area contributed by atoms with Gasteiger partial charge in [0.1, 0.15) is 0 Å². The molecule has 0 heterocycles. The van der Waals surface area contributed by atoms with E-state index in [0.717, 1.165) is 19.5 Å². The molecule has 6 N–H and O–H groups in total. The first kappa shape index (κ1) is 28.3. The number of hydrogen-bond donors (Lipinski definition) is 2. The molecule has 0 bridgehead atoms. The molecule has 0 saturated carbocycles. The summed E-state index contributed by atoms with van der Waals surface area (Å²) in [7, 11) is -1.85. The molecule has 0 amide bonds. The van der Waals surface area contributed by atoms with Gasteiger partial charge in [-0.2, -0.15) is 0 Å². The number of hydrogen-bond acceptors (Lipinski definition) is 2. The second-order valence-corrected chi connectivity index (χ2v) is 7.01. The van der Waals surface area contributed by atoms with E-state index in [9.17, 15) is 10.0 Å². The van der Waals surface area contributed by atoms with Gasteiger partial charge in [-0.25, -0.2) is 0 Å². The molecule has 0 aliphatic rings. The molecule has 1 rings (SSSR count). The van der Waals surface area contributed by atoms with Gasteiger partial charge in [0.05, 0.1) is 13.1 Å². The summed E-state index contributed by atoms with van der Waals surface area (Å²) in [5.41, 5.74) is 8.56. The average molecular weight is 380 g/mol. The zero-order valence-corrected chi connectivity index (χ0v) is 18.3. The summed E-state index contributed by atoms with van der Waals surface area (Å²) in [5.74, 6) is 0. The number of quaternary nitrogens is 2. The summed E-state index contributed by atoms with van der Waals surface area (Å²) in [6.45, 7) is 8.28. The topological polar surface area (TPSA) is 101 Å². The van der Waals surface area contributed by atoms with Crippen molar-refractivity contribution in [2.75, 3.05) is 13.1 Å². The fourth-order valence-corrected chi connectivity index (χ4v) is 2.66. The van der Waals surface area contributed by atoms with Gasteiger partial charge in [-0.05, 0) is 32.3 Å². The first-order chi connectivity index (χ1) is 13.1. The van der Waals surface area contributed by atoms with Gasteiger partial charge in [-0.1, -0.05) is 96.1 Å². The van der Waals surface area contributed by atoms with Crippen molar-refractivity contribution in [2.24, 2.45) is 0 Å². The van der Waals surface area contributed by atoms with Crippen LogP contribution in [-0.4, -0.2) is 20.2 Å². The fourth-order valence-electron chi connectivity index (χ4n) is 2.66. The van der Waals surface area contributed by atoms with Gasteiger partial charge in [-0.15, -0.1) is 5.46 Å². The van der Waals surface area contributed by atoms with Crippen LogP contribution in [0.4, 0.5) is 0 Å². The van der Waals surface area contributed by atoms with Crippen LogP contribution < -0.4 is 27.0 Å². The molecule has 0 unspecified atom stereocenters. The minimum absolute atomic E-state index is 0.349. The number of aryl methyl sites for hydroxylation is 1. The van der Waals surface area contributed by atoms with Crippen LogP contribution in [0.25, 0.3) is 0 Å². The predicted octanol–water partition coefficient (Wildman–Crippen LogP) is 1.06. The maximum Gasteiger partial charge on any atom is 0.0711 e. The first-order valence-electron chi connectivity index (χ1n) is 11.1. The summed E-state index contributed by atoms with van der Waals surface area (Å²) < 4.78 is 0. The van der Waals surface area contributed by atoms with Crippen LogP contribution >= 0.6 is 0 Å². The van der Waals surface area contributed by atoms with E-state index in [0.29, 0.717) is 5.46 Å². The van der Waals surface area contributed by atoms with Crippen molar-refractivity contribution in [2.45, 2.75) is 91.4 Å². The van der Waals surface area contributed by atoms with E-state index in [2.05, 4.69) is 18.4 Å². The zero-order chi connectivity index (χ0) is 20.8. The van der Waals surface area contributed by atoms with Gasteiger partial charge in [0.25, 0.3) is 0 Å². The molecule has 0 atom stereocenters. The maximum atomic E-state index is 10.7. The van der Waals surface area contributed by atoms with Crippen LogP contribution in [0.1, 0.15) is 90.5 Å². The molecule has 0 aliphatic carbocycles. The van der Waals surface area contributed by atoms with Crippen LogP contribution in [-0.2, 0) is 6.42 Å². The smallest absolute Gasteiger partial charge is 0.0711 e. The summed E-state index contributed by atoms with van der Waals surface area (Å²) in [5, 5.41) is 21.5. The Kier molecular flexibility index (Phi) is 24.3. The summed E-state index contributed by atoms with van der Waals surface area (Å²) >= 11 is 0. The Morgan fingerprint density at radius 1 is 0.667 bits per heavy atom. The Balaban J connectivity index is 0. The number of unbranched alkanes of at least 4 members (excludes halogenated alkanes) is 9. The van der Waals surface area contributed by atoms with E-state index in [-0.39, 0.29) is 0 Å². The minimum atomic E-state index is -1.85. The van der Waals surface area contributed by atoms with Gasteiger partial charge >= 0.3 is 0 Å². The molecule has 0 aromatic heterocycles. The lowest BCUT2D eigenvalue weighted by molar-refractivity contribution is -0.362. The van der Waals surface area contributed by atoms with Crippen molar-refractivity contribution >= 4 is 12.6 Å². The quantitative estimate of drug-likeness (QED) is 0.418. The normalized spacial score (nSPS) is 9.74. The molecular formula is C22H45BN2O2. The zero-order valence-electron chi connectivity index (χ0n) is 18.3. The second-order valence-electron chi connectivity index (χ2n) is 7.01. The molecule has 1 aromatic rings. The highest BCUT2D eigenvalue weighted by molar-refractivity contribution is 6.55. The Morgan fingerprint density at radius 3 is 1.41 bits per heavy atom. The average Bonchev–Trinajstić information content (AvgIpc) is 2.65. The van der Waals surface area contributed by atoms with Crippen LogP contribution in [0, 0.1) is 0 Å². The minimum Gasteiger partial charge on any atom is -0.889 e. The molecule has 27 heavy (non-hydrogen) atoms. The lowest BCUT2D eigenvalue weighted by Gasteiger charge is -2.26. The highest BCUT2D eigenvalue weighted by atomic mass is 16.4. The lowest BCUT2D eigenvalue weighted by atomic mass is 9.80. The third-order valence-electron chi connectivity index (χ3n) is 4.07. The largest absolute Gasteiger partial charge is 0.889 e. The summed E-state index contributed by atoms with van der Waals surface area (Å²) in [6, 6.07) is 7.20. The monoisotopic (exact) mass is 380 g/mol. The Morgan fingerprint density at radius 2 is 1.04 bits per heavy atom. The molecule has 0 saturated heterocycles. The molecule has 0 fully saturated rings. The van der Waals surface area contributed by atoms with Gasteiger partial charge in [-0.3, -0.25) is 0 Å². The fraction of sp³-hybridized carbons (Fsp3) is 0.727. The van der Waals surface area contributed by atoms with E-state index >= 15 is 0 Å². The lowest BCUT2D eigenvalue weighted by Crippen LogP contribution is -2.55. The van der Waals surface area contributed by atoms with Gasteiger partial charge in [0.15, 0.2) is 0 Å². The van der Waals surface area contributed by atoms with Crippen molar-refractivity contribution in [3.8, 4) is 0 Å². The molecule has 1 aromatic carbocycles. The second kappa shape index (κ2) is 23.2. The molecule has 0 aliphatic heterocycles. The van der Waals surface area contributed by atoms with E-state index in [1.165, 1.54) is 69.8 Å². The molecular weight excluding hydrogens is 335 g/mol. The van der Waals surface area contributed by atoms with Gasteiger partial charge in [0, 0.05) is 0 Å². The van der Waals surface area contributed by atoms with E-state index in [1.807, 2.05) is 26.0 Å².